The molecule has 0 aromatic rings. The Labute approximate surface area is 50.7 Å². The molecule has 30 valence electrons. The minimum Gasteiger partial charge on any atom is -0.307 e. The number of carbonyl (C=O) groups excluding carboxylic acids is 1. The normalized spacial score (nSPS) is 1.00. The van der Waals surface area contributed by atoms with Crippen molar-refractivity contribution in [3.8, 4) is 0 Å². The molecule has 0 unspecified atom stereocenters. The molecule has 0 aliphatic heterocycles. The predicted octanol–water partition coefficient (Wildman–Crippen LogP) is -0.190. The van der Waals surface area contributed by atoms with Crippen LogP contribution >= 0.6 is 0 Å². The number of hydrogen-bond donors (Lipinski definition) is 0. The zero-order chi connectivity index (χ0) is 2.00. The topological polar surface area (TPSA) is 17.1 Å². The smallest absolute Gasteiger partial charge is 0.106 e. The van der Waals surface area contributed by atoms with Gasteiger partial charge in [-0.25, -0.2) is 0 Å². The second-order valence-corrected chi connectivity index (χ2v) is 0. The number of rotatable bonds is 0. The third-order valence-electron chi connectivity index (χ3n) is 0. The van der Waals surface area contributed by atoms with Crippen molar-refractivity contribution in [1.82, 2.24) is 0 Å². The summed E-state index contributed by atoms with van der Waals surface area (Å²) in [6, 6.07) is 0. The van der Waals surface area contributed by atoms with E-state index in [9.17, 15) is 0 Å². The van der Waals surface area contributed by atoms with Crippen molar-refractivity contribution in [2.75, 3.05) is 0 Å². The Bertz CT molecular complexity index is 6.00. The van der Waals surface area contributed by atoms with Gasteiger partial charge in [0.2, 0.25) is 0 Å². The van der Waals surface area contributed by atoms with Gasteiger partial charge >= 0.3 is 0 Å². The summed E-state index contributed by atoms with van der Waals surface area (Å²) < 4.78 is 0. The summed E-state index contributed by atoms with van der Waals surface area (Å²) in [7, 11) is 0. The third-order valence-corrected chi connectivity index (χ3v) is 0. The van der Waals surface area contributed by atoms with E-state index in [1.807, 2.05) is 6.79 Å². The van der Waals surface area contributed by atoms with Crippen LogP contribution in [0.15, 0.2) is 0 Å². The summed E-state index contributed by atoms with van der Waals surface area (Å²) in [6.07, 6.45) is 0. The molecule has 3 heteroatoms. The molecule has 0 fully saturated rings. The van der Waals surface area contributed by atoms with Gasteiger partial charge in [0.05, 0.1) is 0 Å². The van der Waals surface area contributed by atoms with Crippen LogP contribution in [0.5, 0.6) is 0 Å². The zero-order valence-electron chi connectivity index (χ0n) is 1.78. The van der Waals surface area contributed by atoms with Gasteiger partial charge in [0.15, 0.2) is 0 Å². The van der Waals surface area contributed by atoms with Gasteiger partial charge < -0.3 is 4.79 Å². The van der Waals surface area contributed by atoms with E-state index >= 15 is 0 Å². The average molecular weight is 236 g/mol. The van der Waals surface area contributed by atoms with Crippen LogP contribution in [0.1, 0.15) is 0 Å². The molecule has 0 spiro atoms. The first-order valence-corrected chi connectivity index (χ1v) is 0.289. The first-order valence-electron chi connectivity index (χ1n) is 0.289. The van der Waals surface area contributed by atoms with Gasteiger partial charge in [-0.15, -0.1) is 0 Å². The molecule has 1 nitrogen and oxygen atoms in total. The maximum Gasteiger partial charge on any atom is 0.106 e. The molecule has 0 amide bonds. The van der Waals surface area contributed by atoms with E-state index in [-0.39, 0.29) is 39.0 Å². The Hall–Kier alpha value is 0.917. The van der Waals surface area contributed by atoms with Crippen molar-refractivity contribution in [2.24, 2.45) is 0 Å². The van der Waals surface area contributed by atoms with Crippen LogP contribution in [0.4, 0.5) is 0 Å². The van der Waals surface area contributed by atoms with Crippen LogP contribution in [0, 0.1) is 0 Å². The number of carbonyl (C=O) groups is 1. The Kier molecular flexibility index (Phi) is 203. The van der Waals surface area contributed by atoms with Gasteiger partial charge in [0.25, 0.3) is 0 Å². The molecular weight excluding hydrogens is 234 g/mol. The van der Waals surface area contributed by atoms with E-state index in [4.69, 9.17) is 4.79 Å². The van der Waals surface area contributed by atoms with Crippen LogP contribution in [0.3, 0.4) is 0 Å². The van der Waals surface area contributed by atoms with Gasteiger partial charge in [0.1, 0.15) is 6.79 Å². The van der Waals surface area contributed by atoms with E-state index in [0.29, 0.717) is 0 Å². The fourth-order valence-corrected chi connectivity index (χ4v) is 0. The Morgan fingerprint density at radius 2 is 1.00 bits per heavy atom. The minimum atomic E-state index is 0. The predicted molar refractivity (Wildman–Crippen MR) is 7.12 cm³/mol. The molecule has 0 bridgehead atoms. The zero-order valence-corrected chi connectivity index (χ0v) is 5.06. The van der Waals surface area contributed by atoms with Crippen molar-refractivity contribution >= 4 is 6.79 Å². The van der Waals surface area contributed by atoms with Crippen molar-refractivity contribution < 1.29 is 43.8 Å². The van der Waals surface area contributed by atoms with E-state index in [1.165, 1.54) is 0 Å². The molecular formula is CH2ORh2. The summed E-state index contributed by atoms with van der Waals surface area (Å²) in [4.78, 5) is 8.00. The average Bonchev–Trinajstić information content (AvgIpc) is 1.00. The first-order chi connectivity index (χ1) is 1.00. The molecule has 0 N–H and O–H groups in total. The van der Waals surface area contributed by atoms with Gasteiger partial charge in [-0.3, -0.25) is 0 Å². The van der Waals surface area contributed by atoms with Crippen LogP contribution < -0.4 is 0 Å². The Morgan fingerprint density at radius 1 is 1.00 bits per heavy atom. The van der Waals surface area contributed by atoms with Crippen molar-refractivity contribution in [3.63, 3.8) is 0 Å². The molecule has 2 radical (unpaired) electrons. The van der Waals surface area contributed by atoms with E-state index in [1.54, 1.807) is 0 Å². The van der Waals surface area contributed by atoms with E-state index < -0.39 is 0 Å². The summed E-state index contributed by atoms with van der Waals surface area (Å²) in [5.74, 6) is 0. The molecule has 0 aliphatic rings. The fraction of sp³-hybridized carbons (Fsp3) is 0. The molecule has 0 saturated heterocycles. The second kappa shape index (κ2) is 39.6. The maximum atomic E-state index is 8.00. The van der Waals surface area contributed by atoms with Gasteiger partial charge in [-0.2, -0.15) is 0 Å². The molecule has 0 heterocycles. The molecule has 4 heavy (non-hydrogen) atoms. The molecule has 0 aromatic carbocycles. The molecule has 0 aromatic heterocycles. The second-order valence-electron chi connectivity index (χ2n) is 0. The van der Waals surface area contributed by atoms with Crippen LogP contribution in [-0.2, 0) is 43.8 Å². The van der Waals surface area contributed by atoms with Crippen molar-refractivity contribution in [2.45, 2.75) is 0 Å². The molecule has 0 saturated carbocycles. The van der Waals surface area contributed by atoms with Gasteiger partial charge in [-0.1, -0.05) is 0 Å². The largest absolute Gasteiger partial charge is 0.307 e. The molecule has 0 aliphatic carbocycles. The monoisotopic (exact) mass is 236 g/mol. The Morgan fingerprint density at radius 3 is 1.00 bits per heavy atom. The quantitative estimate of drug-likeness (QED) is 0.532. The summed E-state index contributed by atoms with van der Waals surface area (Å²) >= 11 is 0. The molecule has 0 atom stereocenters. The van der Waals surface area contributed by atoms with Crippen LogP contribution in [0.25, 0.3) is 0 Å². The minimum absolute atomic E-state index is 0. The van der Waals surface area contributed by atoms with Gasteiger partial charge in [-0.05, 0) is 0 Å². The van der Waals surface area contributed by atoms with Gasteiger partial charge in [0, 0.05) is 39.0 Å². The van der Waals surface area contributed by atoms with Crippen LogP contribution in [0.2, 0.25) is 0 Å². The summed E-state index contributed by atoms with van der Waals surface area (Å²) in [6.45, 7) is 2.00. The number of hydrogen-bond acceptors (Lipinski definition) is 1. The first kappa shape index (κ1) is 20.5. The van der Waals surface area contributed by atoms with Crippen molar-refractivity contribution in [3.05, 3.63) is 0 Å². The summed E-state index contributed by atoms with van der Waals surface area (Å²) in [5.41, 5.74) is 0. The van der Waals surface area contributed by atoms with Crippen molar-refractivity contribution in [1.29, 1.82) is 0 Å². The fourth-order valence-electron chi connectivity index (χ4n) is 0. The Balaban J connectivity index is -0.00000000500. The molecule has 0 rings (SSSR count). The standard InChI is InChI=1S/CH2O.2Rh/c1-2;;/h1H2;;. The maximum absolute atomic E-state index is 8.00. The third kappa shape index (κ3) is 12.8. The summed E-state index contributed by atoms with van der Waals surface area (Å²) in [5, 5.41) is 0. The van der Waals surface area contributed by atoms with E-state index in [2.05, 4.69) is 0 Å². The SMILES string of the molecule is C=O.[Rh].[Rh]. The van der Waals surface area contributed by atoms with E-state index in [0.717, 1.165) is 0 Å². The van der Waals surface area contributed by atoms with Crippen LogP contribution in [-0.4, -0.2) is 6.79 Å².